The molecule has 1 N–H and O–H groups in total. The lowest BCUT2D eigenvalue weighted by Crippen LogP contribution is -2.35. The molecule has 0 saturated carbocycles. The summed E-state index contributed by atoms with van der Waals surface area (Å²) in [7, 11) is 0. The van der Waals surface area contributed by atoms with Gasteiger partial charge >= 0.3 is 0 Å². The van der Waals surface area contributed by atoms with E-state index in [2.05, 4.69) is 4.90 Å². The smallest absolute Gasteiger partial charge is 0.231 e. The van der Waals surface area contributed by atoms with Crippen molar-refractivity contribution in [2.24, 2.45) is 5.92 Å². The number of nitrogens with zero attached hydrogens (tertiary/aromatic N) is 2. The van der Waals surface area contributed by atoms with Crippen LogP contribution in [0.5, 0.6) is 11.5 Å². The first-order valence-corrected chi connectivity index (χ1v) is 11.3. The van der Waals surface area contributed by atoms with Crippen LogP contribution in [0.1, 0.15) is 35.3 Å². The van der Waals surface area contributed by atoms with E-state index in [1.54, 1.807) is 17.4 Å². The Hall–Kier alpha value is -2.06. The molecule has 30 heavy (non-hydrogen) atoms. The third-order valence-electron chi connectivity index (χ3n) is 5.87. The van der Waals surface area contributed by atoms with E-state index in [4.69, 9.17) is 30.5 Å². The number of hydrogen-bond acceptors (Lipinski definition) is 7. The van der Waals surface area contributed by atoms with Crippen molar-refractivity contribution in [1.29, 1.82) is 0 Å². The highest BCUT2D eigenvalue weighted by Crippen LogP contribution is 2.41. The van der Waals surface area contributed by atoms with Gasteiger partial charge in [-0.1, -0.05) is 17.7 Å². The number of halogens is 1. The van der Waals surface area contributed by atoms with E-state index in [1.807, 2.05) is 30.5 Å². The van der Waals surface area contributed by atoms with Gasteiger partial charge in [0.25, 0.3) is 0 Å². The van der Waals surface area contributed by atoms with E-state index in [-0.39, 0.29) is 12.9 Å². The largest absolute Gasteiger partial charge is 0.454 e. The maximum Gasteiger partial charge on any atom is 0.231 e. The van der Waals surface area contributed by atoms with Crippen molar-refractivity contribution in [1.82, 2.24) is 9.88 Å². The van der Waals surface area contributed by atoms with E-state index in [0.717, 1.165) is 48.8 Å². The van der Waals surface area contributed by atoms with Crippen molar-refractivity contribution in [3.8, 4) is 23.0 Å². The number of benzene rings is 1. The average Bonchev–Trinajstić information content (AvgIpc) is 3.49. The predicted molar refractivity (Wildman–Crippen MR) is 115 cm³/mol. The number of aromatic nitrogens is 1. The van der Waals surface area contributed by atoms with Gasteiger partial charge in [-0.15, -0.1) is 11.3 Å². The first-order valence-electron chi connectivity index (χ1n) is 10.1. The molecule has 0 aliphatic carbocycles. The van der Waals surface area contributed by atoms with Crippen molar-refractivity contribution in [2.45, 2.75) is 32.4 Å². The summed E-state index contributed by atoms with van der Waals surface area (Å²) in [6, 6.07) is 7.57. The van der Waals surface area contributed by atoms with Crippen LogP contribution in [0.2, 0.25) is 5.02 Å². The number of likely N-dealkylation sites (tertiary alicyclic amines) is 1. The molecule has 1 saturated heterocycles. The fraction of sp³-hybridized carbons (Fsp3) is 0.409. The van der Waals surface area contributed by atoms with Crippen LogP contribution in [0, 0.1) is 12.8 Å². The minimum absolute atomic E-state index is 0.197. The second kappa shape index (κ2) is 8.23. The Balaban J connectivity index is 1.26. The van der Waals surface area contributed by atoms with Crippen molar-refractivity contribution < 1.29 is 19.0 Å². The third-order valence-corrected chi connectivity index (χ3v) is 7.13. The summed E-state index contributed by atoms with van der Waals surface area (Å²) in [5.74, 6) is 2.88. The van der Waals surface area contributed by atoms with Crippen molar-refractivity contribution >= 4 is 22.9 Å². The molecular formula is C22H23ClN2O4S. The molecule has 2 aromatic heterocycles. The van der Waals surface area contributed by atoms with E-state index < -0.39 is 0 Å². The molecule has 1 atom stereocenters. The summed E-state index contributed by atoms with van der Waals surface area (Å²) in [4.78, 5) is 8.15. The van der Waals surface area contributed by atoms with Gasteiger partial charge in [-0.3, -0.25) is 4.90 Å². The number of rotatable bonds is 5. The Morgan fingerprint density at radius 1 is 1.27 bits per heavy atom. The van der Waals surface area contributed by atoms with Gasteiger partial charge in [0.1, 0.15) is 5.76 Å². The molecule has 158 valence electrons. The number of hydrogen-bond donors (Lipinski definition) is 1. The number of fused-ring (bicyclic) bond motifs is 1. The first-order chi connectivity index (χ1) is 14.6. The molecule has 2 aliphatic heterocycles. The predicted octanol–water partition coefficient (Wildman–Crippen LogP) is 5.04. The van der Waals surface area contributed by atoms with Gasteiger partial charge in [0.05, 0.1) is 22.4 Å². The summed E-state index contributed by atoms with van der Waals surface area (Å²) in [6.45, 7) is 4.71. The SMILES string of the molecule is Cc1oc(-c2cc3c(cc2Cl)OCO3)nc1CN1CCC(C(O)c2cccs2)CC1. The highest BCUT2D eigenvalue weighted by molar-refractivity contribution is 7.10. The average molecular weight is 447 g/mol. The van der Waals surface area contributed by atoms with Gasteiger partial charge < -0.3 is 19.0 Å². The number of piperidine rings is 1. The third kappa shape index (κ3) is 3.83. The number of ether oxygens (including phenoxy) is 2. The Bertz CT molecular complexity index is 1030. The summed E-state index contributed by atoms with van der Waals surface area (Å²) in [5, 5.41) is 13.2. The topological polar surface area (TPSA) is 68.0 Å². The molecule has 0 bridgehead atoms. The molecule has 1 fully saturated rings. The molecular weight excluding hydrogens is 424 g/mol. The molecule has 1 unspecified atom stereocenters. The second-order valence-electron chi connectivity index (χ2n) is 7.78. The van der Waals surface area contributed by atoms with Crippen LogP contribution in [0.25, 0.3) is 11.5 Å². The molecule has 5 rings (SSSR count). The zero-order valence-corrected chi connectivity index (χ0v) is 18.2. The maximum atomic E-state index is 10.6. The second-order valence-corrected chi connectivity index (χ2v) is 9.17. The van der Waals surface area contributed by atoms with Crippen molar-refractivity contribution in [3.63, 3.8) is 0 Å². The standard InChI is InChI=1S/C22H23ClN2O4S/c1-13-17(11-25-6-4-14(5-7-25)21(26)20-3-2-8-30-20)24-22(29-13)15-9-18-19(10-16(15)23)28-12-27-18/h2-3,8-10,14,21,26H,4-7,11-12H2,1H3. The van der Waals surface area contributed by atoms with Crippen LogP contribution in [-0.4, -0.2) is 34.9 Å². The number of aryl methyl sites for hydroxylation is 1. The molecule has 4 heterocycles. The molecule has 1 aromatic carbocycles. The molecule has 8 heteroatoms. The lowest BCUT2D eigenvalue weighted by Gasteiger charge is -2.33. The fourth-order valence-electron chi connectivity index (χ4n) is 4.10. The number of aliphatic hydroxyl groups excluding tert-OH is 1. The van der Waals surface area contributed by atoms with Gasteiger partial charge in [-0.05, 0) is 56.3 Å². The molecule has 0 spiro atoms. The van der Waals surface area contributed by atoms with Crippen LogP contribution in [0.15, 0.2) is 34.1 Å². The number of oxazole rings is 1. The summed E-state index contributed by atoms with van der Waals surface area (Å²) < 4.78 is 16.8. The molecule has 2 aliphatic rings. The monoisotopic (exact) mass is 446 g/mol. The highest BCUT2D eigenvalue weighted by atomic mass is 35.5. The normalized spacial score (nSPS) is 18.1. The minimum atomic E-state index is -0.360. The summed E-state index contributed by atoms with van der Waals surface area (Å²) >= 11 is 8.04. The molecule has 0 amide bonds. The Kier molecular flexibility index (Phi) is 5.45. The van der Waals surface area contributed by atoms with E-state index >= 15 is 0 Å². The Morgan fingerprint density at radius 2 is 2.03 bits per heavy atom. The summed E-state index contributed by atoms with van der Waals surface area (Å²) in [5.41, 5.74) is 1.61. The number of thiophene rings is 1. The van der Waals surface area contributed by atoms with Crippen molar-refractivity contribution in [3.05, 3.63) is 51.0 Å². The Labute approximate surface area is 184 Å². The van der Waals surface area contributed by atoms with Gasteiger partial charge in [0.2, 0.25) is 12.7 Å². The van der Waals surface area contributed by atoms with Gasteiger partial charge in [0, 0.05) is 17.5 Å². The molecule has 6 nitrogen and oxygen atoms in total. The van der Waals surface area contributed by atoms with Crippen LogP contribution >= 0.6 is 22.9 Å². The lowest BCUT2D eigenvalue weighted by molar-refractivity contribution is 0.0586. The quantitative estimate of drug-likeness (QED) is 0.592. The van der Waals surface area contributed by atoms with Crippen LogP contribution in [0.4, 0.5) is 0 Å². The van der Waals surface area contributed by atoms with Gasteiger partial charge in [-0.2, -0.15) is 0 Å². The highest BCUT2D eigenvalue weighted by Gasteiger charge is 2.28. The zero-order chi connectivity index (χ0) is 20.7. The molecule has 0 radical (unpaired) electrons. The first kappa shape index (κ1) is 19.9. The van der Waals surface area contributed by atoms with E-state index in [1.165, 1.54) is 0 Å². The van der Waals surface area contributed by atoms with E-state index in [0.29, 0.717) is 33.9 Å². The van der Waals surface area contributed by atoms with Crippen LogP contribution in [0.3, 0.4) is 0 Å². The fourth-order valence-corrected chi connectivity index (χ4v) is 5.14. The van der Waals surface area contributed by atoms with Crippen molar-refractivity contribution in [2.75, 3.05) is 19.9 Å². The van der Waals surface area contributed by atoms with Crippen LogP contribution < -0.4 is 9.47 Å². The summed E-state index contributed by atoms with van der Waals surface area (Å²) in [6.07, 6.45) is 1.58. The van der Waals surface area contributed by atoms with Crippen LogP contribution in [-0.2, 0) is 6.54 Å². The number of aliphatic hydroxyl groups is 1. The lowest BCUT2D eigenvalue weighted by atomic mass is 9.90. The Morgan fingerprint density at radius 3 is 2.77 bits per heavy atom. The van der Waals surface area contributed by atoms with E-state index in [9.17, 15) is 5.11 Å². The molecule has 3 aromatic rings. The van der Waals surface area contributed by atoms with Gasteiger partial charge in [-0.25, -0.2) is 4.98 Å². The zero-order valence-electron chi connectivity index (χ0n) is 16.6. The minimum Gasteiger partial charge on any atom is -0.454 e. The van der Waals surface area contributed by atoms with Gasteiger partial charge in [0.15, 0.2) is 11.5 Å². The maximum absolute atomic E-state index is 10.6.